The molecule has 1 aliphatic rings. The van der Waals surface area contributed by atoms with Crippen molar-refractivity contribution in [3.63, 3.8) is 0 Å². The van der Waals surface area contributed by atoms with E-state index in [2.05, 4.69) is 4.98 Å². The Morgan fingerprint density at radius 3 is 2.47 bits per heavy atom. The number of carbonyl (C=O) groups is 2. The van der Waals surface area contributed by atoms with E-state index < -0.39 is 0 Å². The number of nitrogens with zero attached hydrogens (tertiary/aromatic N) is 4. The minimum absolute atomic E-state index is 0.0212. The highest BCUT2D eigenvalue weighted by Gasteiger charge is 2.33. The number of hydrogen-bond donors (Lipinski definition) is 0. The molecule has 1 aliphatic heterocycles. The van der Waals surface area contributed by atoms with E-state index in [-0.39, 0.29) is 24.0 Å². The first-order valence-corrected chi connectivity index (χ1v) is 11.7. The number of carbonyl (C=O) groups excluding carboxylic acids is 2. The van der Waals surface area contributed by atoms with Gasteiger partial charge in [0.2, 0.25) is 5.91 Å². The number of amides is 2. The van der Waals surface area contributed by atoms with E-state index in [1.165, 1.54) is 0 Å². The Kier molecular flexibility index (Phi) is 7.01. The van der Waals surface area contributed by atoms with Crippen LogP contribution in [0.4, 0.5) is 0 Å². The summed E-state index contributed by atoms with van der Waals surface area (Å²) in [6.07, 6.45) is 3.78. The second kappa shape index (κ2) is 10.1. The van der Waals surface area contributed by atoms with E-state index >= 15 is 0 Å². The van der Waals surface area contributed by atoms with Gasteiger partial charge in [0.05, 0.1) is 12.1 Å². The molecule has 2 aromatic carbocycles. The first-order chi connectivity index (χ1) is 16.3. The van der Waals surface area contributed by atoms with Crippen molar-refractivity contribution in [1.82, 2.24) is 19.4 Å². The van der Waals surface area contributed by atoms with Crippen LogP contribution in [-0.4, -0.2) is 56.9 Å². The Morgan fingerprint density at radius 2 is 1.82 bits per heavy atom. The molecule has 0 N–H and O–H groups in total. The number of benzene rings is 2. The van der Waals surface area contributed by atoms with Crippen molar-refractivity contribution in [1.29, 1.82) is 0 Å². The zero-order valence-corrected chi connectivity index (χ0v) is 20.3. The number of aryl methyl sites for hydroxylation is 1. The maximum absolute atomic E-state index is 13.9. The van der Waals surface area contributed by atoms with Crippen LogP contribution in [-0.2, 0) is 11.3 Å². The molecule has 0 aliphatic carbocycles. The first kappa shape index (κ1) is 23.5. The van der Waals surface area contributed by atoms with Crippen LogP contribution in [0.1, 0.15) is 54.1 Å². The third-order valence-electron chi connectivity index (χ3n) is 6.24. The second-order valence-electron chi connectivity index (χ2n) is 8.97. The quantitative estimate of drug-likeness (QED) is 0.556. The topological polar surface area (TPSA) is 67.7 Å². The third-order valence-corrected chi connectivity index (χ3v) is 6.24. The maximum Gasteiger partial charge on any atom is 0.254 e. The van der Waals surface area contributed by atoms with Crippen LogP contribution in [0.2, 0.25) is 0 Å². The van der Waals surface area contributed by atoms with Gasteiger partial charge < -0.3 is 19.1 Å². The molecule has 7 heteroatoms. The summed E-state index contributed by atoms with van der Waals surface area (Å²) in [5.41, 5.74) is 2.61. The highest BCUT2D eigenvalue weighted by atomic mass is 16.5. The van der Waals surface area contributed by atoms with Crippen LogP contribution in [0.25, 0.3) is 0 Å². The predicted molar refractivity (Wildman–Crippen MR) is 131 cm³/mol. The van der Waals surface area contributed by atoms with Gasteiger partial charge in [0.25, 0.3) is 5.91 Å². The molecule has 1 aromatic heterocycles. The van der Waals surface area contributed by atoms with Crippen molar-refractivity contribution in [2.75, 3.05) is 19.6 Å². The normalized spacial score (nSPS) is 16.1. The van der Waals surface area contributed by atoms with Gasteiger partial charge in [-0.15, -0.1) is 0 Å². The number of hydrogen-bond acceptors (Lipinski definition) is 4. The minimum Gasteiger partial charge on any atom is -0.491 e. The Balaban J connectivity index is 1.64. The highest BCUT2D eigenvalue weighted by molar-refractivity contribution is 5.96. The molecule has 1 saturated heterocycles. The fourth-order valence-electron chi connectivity index (χ4n) is 4.41. The minimum atomic E-state index is -0.235. The van der Waals surface area contributed by atoms with E-state index in [0.717, 1.165) is 22.7 Å². The van der Waals surface area contributed by atoms with Crippen molar-refractivity contribution >= 4 is 11.8 Å². The molecular weight excluding hydrogens is 428 g/mol. The molecule has 1 unspecified atom stereocenters. The fourth-order valence-corrected chi connectivity index (χ4v) is 4.41. The fraction of sp³-hybridized carbons (Fsp3) is 0.370. The first-order valence-electron chi connectivity index (χ1n) is 11.7. The Bertz CT molecular complexity index is 1150. The molecule has 178 valence electrons. The summed E-state index contributed by atoms with van der Waals surface area (Å²) in [7, 11) is 0. The van der Waals surface area contributed by atoms with E-state index in [1.807, 2.05) is 89.9 Å². The van der Waals surface area contributed by atoms with Crippen molar-refractivity contribution in [2.24, 2.45) is 0 Å². The Morgan fingerprint density at radius 1 is 1.09 bits per heavy atom. The van der Waals surface area contributed by atoms with Crippen LogP contribution < -0.4 is 4.74 Å². The molecule has 0 radical (unpaired) electrons. The molecule has 0 spiro atoms. The third kappa shape index (κ3) is 5.14. The van der Waals surface area contributed by atoms with Crippen LogP contribution in [0.3, 0.4) is 0 Å². The number of piperazine rings is 1. The van der Waals surface area contributed by atoms with Crippen molar-refractivity contribution in [3.8, 4) is 5.75 Å². The van der Waals surface area contributed by atoms with Crippen molar-refractivity contribution in [2.45, 2.75) is 46.4 Å². The summed E-state index contributed by atoms with van der Waals surface area (Å²) in [6.45, 7) is 9.55. The van der Waals surface area contributed by atoms with Gasteiger partial charge >= 0.3 is 0 Å². The summed E-state index contributed by atoms with van der Waals surface area (Å²) >= 11 is 0. The summed E-state index contributed by atoms with van der Waals surface area (Å²) in [6, 6.07) is 15.3. The average Bonchev–Trinajstić information content (AvgIpc) is 3.23. The summed E-state index contributed by atoms with van der Waals surface area (Å²) < 4.78 is 7.81. The molecule has 2 amide bonds. The standard InChI is InChI=1S/C27H32N4O3/c1-19(2)34-24-11-9-22(10-12-24)26-18-30(21(4)32)15-16-31(26)27(33)25-8-6-5-7-23(25)17-29-14-13-28-20(29)3/h5-14,19,26H,15-18H2,1-4H3. The number of rotatable bonds is 6. The van der Waals surface area contributed by atoms with E-state index in [0.29, 0.717) is 31.7 Å². The molecule has 0 saturated carbocycles. The van der Waals surface area contributed by atoms with E-state index in [1.54, 1.807) is 13.1 Å². The average molecular weight is 461 g/mol. The van der Waals surface area contributed by atoms with Gasteiger partial charge in [0, 0.05) is 51.1 Å². The van der Waals surface area contributed by atoms with Crippen molar-refractivity contribution < 1.29 is 14.3 Å². The molecule has 0 bridgehead atoms. The number of aromatic nitrogens is 2. The zero-order chi connectivity index (χ0) is 24.2. The Hall–Kier alpha value is -3.61. The molecule has 2 heterocycles. The molecule has 4 rings (SSSR count). The van der Waals surface area contributed by atoms with E-state index in [4.69, 9.17) is 4.74 Å². The van der Waals surface area contributed by atoms with Gasteiger partial charge in [0.15, 0.2) is 0 Å². The lowest BCUT2D eigenvalue weighted by Gasteiger charge is -2.41. The lowest BCUT2D eigenvalue weighted by Crippen LogP contribution is -2.52. The van der Waals surface area contributed by atoms with E-state index in [9.17, 15) is 9.59 Å². The molecule has 7 nitrogen and oxygen atoms in total. The predicted octanol–water partition coefficient (Wildman–Crippen LogP) is 4.07. The van der Waals surface area contributed by atoms with Gasteiger partial charge in [-0.25, -0.2) is 4.98 Å². The van der Waals surface area contributed by atoms with Gasteiger partial charge in [-0.2, -0.15) is 0 Å². The van der Waals surface area contributed by atoms with Gasteiger partial charge in [-0.3, -0.25) is 9.59 Å². The second-order valence-corrected chi connectivity index (χ2v) is 8.97. The lowest BCUT2D eigenvalue weighted by molar-refractivity contribution is -0.131. The van der Waals surface area contributed by atoms with Crippen LogP contribution in [0.5, 0.6) is 5.75 Å². The SMILES string of the molecule is CC(=O)N1CCN(C(=O)c2ccccc2Cn2ccnc2C)C(c2ccc(OC(C)C)cc2)C1. The molecular formula is C27H32N4O3. The van der Waals surface area contributed by atoms with Crippen molar-refractivity contribution in [3.05, 3.63) is 83.4 Å². The zero-order valence-electron chi connectivity index (χ0n) is 20.3. The summed E-state index contributed by atoms with van der Waals surface area (Å²) in [5.74, 6) is 1.69. The molecule has 34 heavy (non-hydrogen) atoms. The smallest absolute Gasteiger partial charge is 0.254 e. The lowest BCUT2D eigenvalue weighted by atomic mass is 9.99. The Labute approximate surface area is 201 Å². The molecule has 1 atom stereocenters. The summed E-state index contributed by atoms with van der Waals surface area (Å²) in [5, 5.41) is 0. The van der Waals surface area contributed by atoms with Crippen LogP contribution in [0.15, 0.2) is 60.9 Å². The number of imidazole rings is 1. The summed E-state index contributed by atoms with van der Waals surface area (Å²) in [4.78, 5) is 34.0. The number of ether oxygens (including phenoxy) is 1. The van der Waals surface area contributed by atoms with Crippen LogP contribution >= 0.6 is 0 Å². The highest BCUT2D eigenvalue weighted by Crippen LogP contribution is 2.30. The van der Waals surface area contributed by atoms with Gasteiger partial charge in [-0.1, -0.05) is 30.3 Å². The molecule has 3 aromatic rings. The van der Waals surface area contributed by atoms with Gasteiger partial charge in [0.1, 0.15) is 11.6 Å². The van der Waals surface area contributed by atoms with Gasteiger partial charge in [-0.05, 0) is 50.1 Å². The maximum atomic E-state index is 13.9. The largest absolute Gasteiger partial charge is 0.491 e. The molecule has 1 fully saturated rings. The van der Waals surface area contributed by atoms with Crippen LogP contribution in [0, 0.1) is 6.92 Å². The monoisotopic (exact) mass is 460 g/mol.